The second-order valence-corrected chi connectivity index (χ2v) is 7.48. The Morgan fingerprint density at radius 1 is 0.933 bits per heavy atom. The summed E-state index contributed by atoms with van der Waals surface area (Å²) in [6.07, 6.45) is 0. The van der Waals surface area contributed by atoms with Crippen molar-refractivity contribution in [3.05, 3.63) is 90.5 Å². The molecule has 1 aromatic heterocycles. The molecule has 0 bridgehead atoms. The molecule has 0 spiro atoms. The first-order valence-corrected chi connectivity index (χ1v) is 10.4. The molecule has 0 radical (unpaired) electrons. The molecule has 2 N–H and O–H groups in total. The Morgan fingerprint density at radius 2 is 1.67 bits per heavy atom. The molecule has 0 aliphatic heterocycles. The summed E-state index contributed by atoms with van der Waals surface area (Å²) in [6.45, 7) is -0.0685. The first kappa shape index (κ1) is 19.9. The summed E-state index contributed by atoms with van der Waals surface area (Å²) in [5, 5.41) is 21.5. The third-order valence-corrected chi connectivity index (χ3v) is 5.33. The Hall–Kier alpha value is -3.42. The van der Waals surface area contributed by atoms with Crippen molar-refractivity contribution in [2.24, 2.45) is 0 Å². The second kappa shape index (κ2) is 9.39. The highest BCUT2D eigenvalue weighted by Crippen LogP contribution is 2.28. The van der Waals surface area contributed by atoms with E-state index < -0.39 is 0 Å². The van der Waals surface area contributed by atoms with Gasteiger partial charge in [0.05, 0.1) is 12.4 Å². The lowest BCUT2D eigenvalue weighted by molar-refractivity contribution is -0.113. The summed E-state index contributed by atoms with van der Waals surface area (Å²) in [4.78, 5) is 12.5. The zero-order valence-electron chi connectivity index (χ0n) is 16.1. The Labute approximate surface area is 178 Å². The van der Waals surface area contributed by atoms with Crippen LogP contribution in [-0.4, -0.2) is 31.5 Å². The van der Waals surface area contributed by atoms with Crippen LogP contribution in [0.15, 0.2) is 90.1 Å². The number of hydrogen-bond donors (Lipinski definition) is 2. The molecule has 0 fully saturated rings. The molecule has 0 saturated carbocycles. The average molecular weight is 417 g/mol. The number of hydrogen-bond acceptors (Lipinski definition) is 5. The largest absolute Gasteiger partial charge is 0.392 e. The zero-order chi connectivity index (χ0) is 20.8. The molecule has 1 amide bonds. The standard InChI is InChI=1S/C23H20N4O2S/c28-15-17-8-7-11-19(14-17)24-21(29)16-30-23-26-25-22(18-9-3-1-4-10-18)27(23)20-12-5-2-6-13-20/h1-14,28H,15-16H2,(H,24,29). The third kappa shape index (κ3) is 4.59. The van der Waals surface area contributed by atoms with Crippen molar-refractivity contribution in [3.8, 4) is 17.1 Å². The molecular formula is C23H20N4O2S. The van der Waals surface area contributed by atoms with Crippen molar-refractivity contribution in [1.29, 1.82) is 0 Å². The summed E-state index contributed by atoms with van der Waals surface area (Å²) in [5.41, 5.74) is 3.28. The maximum absolute atomic E-state index is 12.5. The minimum atomic E-state index is -0.154. The van der Waals surface area contributed by atoms with Crippen molar-refractivity contribution in [1.82, 2.24) is 14.8 Å². The lowest BCUT2D eigenvalue weighted by Gasteiger charge is -2.10. The third-order valence-electron chi connectivity index (χ3n) is 4.41. The number of anilines is 1. The minimum Gasteiger partial charge on any atom is -0.392 e. The number of nitrogens with one attached hydrogen (secondary N) is 1. The summed E-state index contributed by atoms with van der Waals surface area (Å²) < 4.78 is 1.96. The smallest absolute Gasteiger partial charge is 0.234 e. The van der Waals surface area contributed by atoms with E-state index in [-0.39, 0.29) is 18.3 Å². The van der Waals surface area contributed by atoms with Gasteiger partial charge in [0, 0.05) is 16.9 Å². The SMILES string of the molecule is O=C(CSc1nnc(-c2ccccc2)n1-c1ccccc1)Nc1cccc(CO)c1. The predicted octanol–water partition coefficient (Wildman–Crippen LogP) is 4.16. The van der Waals surface area contributed by atoms with E-state index in [9.17, 15) is 9.90 Å². The molecule has 4 aromatic rings. The van der Waals surface area contributed by atoms with Crippen molar-refractivity contribution >= 4 is 23.4 Å². The molecule has 0 atom stereocenters. The molecule has 4 rings (SSSR count). The van der Waals surface area contributed by atoms with E-state index in [2.05, 4.69) is 15.5 Å². The van der Waals surface area contributed by atoms with Gasteiger partial charge in [-0.2, -0.15) is 0 Å². The number of benzene rings is 3. The summed E-state index contributed by atoms with van der Waals surface area (Å²) in [6, 6.07) is 26.8. The molecule has 0 saturated heterocycles. The number of para-hydroxylation sites is 1. The van der Waals surface area contributed by atoms with Crippen molar-refractivity contribution in [3.63, 3.8) is 0 Å². The molecule has 6 nitrogen and oxygen atoms in total. The Morgan fingerprint density at radius 3 is 2.40 bits per heavy atom. The van der Waals surface area contributed by atoms with Gasteiger partial charge in [-0.25, -0.2) is 0 Å². The van der Waals surface area contributed by atoms with Gasteiger partial charge in [-0.3, -0.25) is 9.36 Å². The number of amides is 1. The topological polar surface area (TPSA) is 80.0 Å². The van der Waals surface area contributed by atoms with E-state index in [1.54, 1.807) is 24.3 Å². The van der Waals surface area contributed by atoms with E-state index in [4.69, 9.17) is 0 Å². The van der Waals surface area contributed by atoms with Crippen molar-refractivity contribution < 1.29 is 9.90 Å². The van der Waals surface area contributed by atoms with E-state index in [1.165, 1.54) is 11.8 Å². The minimum absolute atomic E-state index is 0.0685. The first-order valence-electron chi connectivity index (χ1n) is 9.43. The number of rotatable bonds is 7. The number of aliphatic hydroxyl groups excluding tert-OH is 1. The highest BCUT2D eigenvalue weighted by molar-refractivity contribution is 7.99. The van der Waals surface area contributed by atoms with Gasteiger partial charge >= 0.3 is 0 Å². The van der Waals surface area contributed by atoms with E-state index in [0.717, 1.165) is 22.6 Å². The molecule has 1 heterocycles. The van der Waals surface area contributed by atoms with Crippen molar-refractivity contribution in [2.45, 2.75) is 11.8 Å². The predicted molar refractivity (Wildman–Crippen MR) is 119 cm³/mol. The lowest BCUT2D eigenvalue weighted by atomic mass is 10.2. The van der Waals surface area contributed by atoms with E-state index >= 15 is 0 Å². The van der Waals surface area contributed by atoms with Crippen LogP contribution in [0.5, 0.6) is 0 Å². The van der Waals surface area contributed by atoms with Gasteiger partial charge in [0.1, 0.15) is 0 Å². The van der Waals surface area contributed by atoms with Gasteiger partial charge in [-0.15, -0.1) is 10.2 Å². The fourth-order valence-electron chi connectivity index (χ4n) is 3.02. The fraction of sp³-hybridized carbons (Fsp3) is 0.0870. The maximum Gasteiger partial charge on any atom is 0.234 e. The lowest BCUT2D eigenvalue weighted by Crippen LogP contribution is -2.14. The molecule has 0 unspecified atom stereocenters. The first-order chi connectivity index (χ1) is 14.7. The van der Waals surface area contributed by atoms with Crippen LogP contribution in [0.25, 0.3) is 17.1 Å². The Kier molecular flexibility index (Phi) is 6.22. The van der Waals surface area contributed by atoms with Crippen LogP contribution in [0.2, 0.25) is 0 Å². The van der Waals surface area contributed by atoms with Gasteiger partial charge in [0.15, 0.2) is 11.0 Å². The van der Waals surface area contributed by atoms with E-state index in [1.807, 2.05) is 65.2 Å². The number of carbonyl (C=O) groups excluding carboxylic acids is 1. The second-order valence-electron chi connectivity index (χ2n) is 6.54. The van der Waals surface area contributed by atoms with Gasteiger partial charge < -0.3 is 10.4 Å². The highest BCUT2D eigenvalue weighted by atomic mass is 32.2. The fourth-order valence-corrected chi connectivity index (χ4v) is 3.77. The normalized spacial score (nSPS) is 10.7. The molecule has 30 heavy (non-hydrogen) atoms. The molecule has 0 aliphatic carbocycles. The quantitative estimate of drug-likeness (QED) is 0.442. The average Bonchev–Trinajstić information content (AvgIpc) is 3.23. The van der Waals surface area contributed by atoms with Crippen LogP contribution in [0.1, 0.15) is 5.56 Å². The maximum atomic E-state index is 12.5. The van der Waals surface area contributed by atoms with Gasteiger partial charge in [-0.05, 0) is 29.8 Å². The zero-order valence-corrected chi connectivity index (χ0v) is 16.9. The van der Waals surface area contributed by atoms with Crippen LogP contribution < -0.4 is 5.32 Å². The number of aromatic nitrogens is 3. The van der Waals surface area contributed by atoms with Gasteiger partial charge in [0.25, 0.3) is 0 Å². The Bertz CT molecular complexity index is 1130. The molecule has 3 aromatic carbocycles. The van der Waals surface area contributed by atoms with Crippen LogP contribution >= 0.6 is 11.8 Å². The van der Waals surface area contributed by atoms with Gasteiger partial charge in [0.2, 0.25) is 5.91 Å². The van der Waals surface area contributed by atoms with Crippen LogP contribution in [0, 0.1) is 0 Å². The molecular weight excluding hydrogens is 396 g/mol. The summed E-state index contributed by atoms with van der Waals surface area (Å²) in [7, 11) is 0. The number of thioether (sulfide) groups is 1. The van der Waals surface area contributed by atoms with Crippen LogP contribution in [0.3, 0.4) is 0 Å². The monoisotopic (exact) mass is 416 g/mol. The number of aliphatic hydroxyl groups is 1. The highest BCUT2D eigenvalue weighted by Gasteiger charge is 2.17. The van der Waals surface area contributed by atoms with Crippen LogP contribution in [-0.2, 0) is 11.4 Å². The van der Waals surface area contributed by atoms with E-state index in [0.29, 0.717) is 10.8 Å². The molecule has 150 valence electrons. The Balaban J connectivity index is 1.55. The van der Waals surface area contributed by atoms with Crippen molar-refractivity contribution in [2.75, 3.05) is 11.1 Å². The molecule has 7 heteroatoms. The molecule has 0 aliphatic rings. The number of carbonyl (C=O) groups is 1. The number of nitrogens with zero attached hydrogens (tertiary/aromatic N) is 3. The van der Waals surface area contributed by atoms with Gasteiger partial charge in [-0.1, -0.05) is 72.4 Å². The van der Waals surface area contributed by atoms with Crippen LogP contribution in [0.4, 0.5) is 5.69 Å². The summed E-state index contributed by atoms with van der Waals surface area (Å²) in [5.74, 6) is 0.752. The summed E-state index contributed by atoms with van der Waals surface area (Å²) >= 11 is 1.32.